The van der Waals surface area contributed by atoms with Gasteiger partial charge in [-0.3, -0.25) is 15.1 Å². The number of benzene rings is 1. The van der Waals surface area contributed by atoms with E-state index in [1.807, 2.05) is 0 Å². The smallest absolute Gasteiger partial charge is 0.265 e. The van der Waals surface area contributed by atoms with Gasteiger partial charge in [0.25, 0.3) is 5.91 Å². The first-order valence-electron chi connectivity index (χ1n) is 7.04. The molecule has 0 radical (unpaired) electrons. The van der Waals surface area contributed by atoms with Crippen LogP contribution in [0, 0.1) is 11.7 Å². The Kier molecular flexibility index (Phi) is 4.73. The van der Waals surface area contributed by atoms with Crippen molar-refractivity contribution in [3.63, 3.8) is 0 Å². The number of nitrogen functional groups attached to an aromatic ring is 1. The second-order valence-electron chi connectivity index (χ2n) is 5.83. The molecule has 1 aromatic rings. The largest absolute Gasteiger partial charge is 0.296 e. The minimum Gasteiger partial charge on any atom is -0.296 e. The van der Waals surface area contributed by atoms with Crippen molar-refractivity contribution in [2.75, 3.05) is 6.54 Å². The van der Waals surface area contributed by atoms with E-state index in [-0.39, 0.29) is 5.82 Å². The molecule has 0 heterocycles. The highest BCUT2D eigenvalue weighted by Crippen LogP contribution is 2.29. The Morgan fingerprint density at radius 2 is 2.20 bits per heavy atom. The van der Waals surface area contributed by atoms with Crippen molar-refractivity contribution in [3.05, 3.63) is 35.1 Å². The molecule has 0 atom stereocenters. The van der Waals surface area contributed by atoms with Crippen LogP contribution in [0.1, 0.15) is 42.6 Å². The van der Waals surface area contributed by atoms with Gasteiger partial charge in [-0.25, -0.2) is 10.2 Å². The van der Waals surface area contributed by atoms with Gasteiger partial charge >= 0.3 is 0 Å². The summed E-state index contributed by atoms with van der Waals surface area (Å²) in [5, 5.41) is 0. The number of nitrogens with one attached hydrogen (secondary N) is 1. The van der Waals surface area contributed by atoms with Gasteiger partial charge in [-0.2, -0.15) is 0 Å². The summed E-state index contributed by atoms with van der Waals surface area (Å²) in [6, 6.07) is 4.93. The van der Waals surface area contributed by atoms with Crippen molar-refractivity contribution >= 4 is 5.91 Å². The second-order valence-corrected chi connectivity index (χ2v) is 5.83. The zero-order chi connectivity index (χ0) is 14.7. The maximum atomic E-state index is 13.9. The van der Waals surface area contributed by atoms with Crippen LogP contribution in [-0.2, 0) is 6.54 Å². The number of nitrogens with two attached hydrogens (primary N) is 1. The van der Waals surface area contributed by atoms with Crippen molar-refractivity contribution in [2.45, 2.75) is 39.3 Å². The number of nitrogens with zero attached hydrogens (tertiary/aromatic N) is 1. The highest BCUT2D eigenvalue weighted by atomic mass is 19.1. The van der Waals surface area contributed by atoms with E-state index in [4.69, 9.17) is 5.84 Å². The number of hydrogen-bond acceptors (Lipinski definition) is 3. The maximum absolute atomic E-state index is 13.9. The molecule has 110 valence electrons. The number of rotatable bonds is 6. The van der Waals surface area contributed by atoms with E-state index in [2.05, 4.69) is 24.2 Å². The molecule has 1 amide bonds. The lowest BCUT2D eigenvalue weighted by Gasteiger charge is -2.24. The topological polar surface area (TPSA) is 58.4 Å². The second kappa shape index (κ2) is 6.33. The molecule has 1 fully saturated rings. The van der Waals surface area contributed by atoms with Gasteiger partial charge in [-0.05, 0) is 37.0 Å². The highest BCUT2D eigenvalue weighted by molar-refractivity contribution is 5.93. The summed E-state index contributed by atoms with van der Waals surface area (Å²) in [4.78, 5) is 13.8. The average molecular weight is 279 g/mol. The quantitative estimate of drug-likeness (QED) is 0.476. The SMILES string of the molecule is CC(C)CN(Cc1cc(C(=O)NN)ccc1F)C1CC1. The van der Waals surface area contributed by atoms with E-state index in [0.29, 0.717) is 29.6 Å². The number of hydrazine groups is 1. The zero-order valence-electron chi connectivity index (χ0n) is 12.0. The van der Waals surface area contributed by atoms with Crippen LogP contribution in [0.2, 0.25) is 0 Å². The lowest BCUT2D eigenvalue weighted by atomic mass is 10.1. The molecular weight excluding hydrogens is 257 g/mol. The number of amides is 1. The van der Waals surface area contributed by atoms with Crippen molar-refractivity contribution in [1.29, 1.82) is 0 Å². The third kappa shape index (κ3) is 3.77. The molecule has 0 aliphatic heterocycles. The van der Waals surface area contributed by atoms with Gasteiger partial charge in [0, 0.05) is 30.3 Å². The van der Waals surface area contributed by atoms with Crippen molar-refractivity contribution in [1.82, 2.24) is 10.3 Å². The Labute approximate surface area is 119 Å². The molecule has 0 spiro atoms. The minimum absolute atomic E-state index is 0.270. The summed E-state index contributed by atoms with van der Waals surface area (Å²) in [5.74, 6) is 4.98. The van der Waals surface area contributed by atoms with Crippen LogP contribution in [0.4, 0.5) is 4.39 Å². The molecule has 3 N–H and O–H groups in total. The molecule has 0 aromatic heterocycles. The Morgan fingerprint density at radius 3 is 2.75 bits per heavy atom. The van der Waals surface area contributed by atoms with Crippen molar-refractivity contribution < 1.29 is 9.18 Å². The fraction of sp³-hybridized carbons (Fsp3) is 0.533. The summed E-state index contributed by atoms with van der Waals surface area (Å²) in [6.07, 6.45) is 2.36. The molecule has 2 rings (SSSR count). The van der Waals surface area contributed by atoms with Crippen LogP contribution >= 0.6 is 0 Å². The van der Waals surface area contributed by atoms with E-state index < -0.39 is 5.91 Å². The Bertz CT molecular complexity index is 486. The van der Waals surface area contributed by atoms with E-state index in [1.54, 1.807) is 6.07 Å². The molecule has 1 saturated carbocycles. The minimum atomic E-state index is -0.395. The molecule has 1 aromatic carbocycles. The monoisotopic (exact) mass is 279 g/mol. The molecule has 0 saturated heterocycles. The van der Waals surface area contributed by atoms with Crippen LogP contribution in [0.15, 0.2) is 18.2 Å². The zero-order valence-corrected chi connectivity index (χ0v) is 12.0. The summed E-state index contributed by atoms with van der Waals surface area (Å²) >= 11 is 0. The molecule has 20 heavy (non-hydrogen) atoms. The summed E-state index contributed by atoms with van der Waals surface area (Å²) < 4.78 is 13.9. The first-order valence-corrected chi connectivity index (χ1v) is 7.04. The van der Waals surface area contributed by atoms with Gasteiger partial charge in [0.05, 0.1) is 0 Å². The predicted molar refractivity (Wildman–Crippen MR) is 76.3 cm³/mol. The molecule has 0 bridgehead atoms. The van der Waals surface area contributed by atoms with Crippen LogP contribution in [0.5, 0.6) is 0 Å². The molecule has 1 aliphatic rings. The predicted octanol–water partition coefficient (Wildman–Crippen LogP) is 2.05. The summed E-state index contributed by atoms with van der Waals surface area (Å²) in [5.41, 5.74) is 3.02. The molecule has 0 unspecified atom stereocenters. The Balaban J connectivity index is 2.15. The molecule has 4 nitrogen and oxygen atoms in total. The Morgan fingerprint density at radius 1 is 1.50 bits per heavy atom. The first-order chi connectivity index (χ1) is 9.51. The maximum Gasteiger partial charge on any atom is 0.265 e. The van der Waals surface area contributed by atoms with Crippen LogP contribution in [0.25, 0.3) is 0 Å². The van der Waals surface area contributed by atoms with Crippen LogP contribution < -0.4 is 11.3 Å². The van der Waals surface area contributed by atoms with Crippen LogP contribution in [-0.4, -0.2) is 23.4 Å². The number of carbonyl (C=O) groups is 1. The fourth-order valence-electron chi connectivity index (χ4n) is 2.39. The van der Waals surface area contributed by atoms with Gasteiger partial charge in [-0.1, -0.05) is 13.8 Å². The van der Waals surface area contributed by atoms with E-state index in [0.717, 1.165) is 6.54 Å². The first kappa shape index (κ1) is 14.9. The highest BCUT2D eigenvalue weighted by Gasteiger charge is 2.29. The summed E-state index contributed by atoms with van der Waals surface area (Å²) in [6.45, 7) is 5.80. The van der Waals surface area contributed by atoms with E-state index >= 15 is 0 Å². The number of halogens is 1. The molecule has 5 heteroatoms. The summed E-state index contributed by atoms with van der Waals surface area (Å²) in [7, 11) is 0. The van der Waals surface area contributed by atoms with Crippen LogP contribution in [0.3, 0.4) is 0 Å². The third-order valence-corrected chi connectivity index (χ3v) is 3.48. The lowest BCUT2D eigenvalue weighted by Crippen LogP contribution is -2.31. The van der Waals surface area contributed by atoms with Gasteiger partial charge in [0.15, 0.2) is 0 Å². The Hall–Kier alpha value is -1.46. The van der Waals surface area contributed by atoms with E-state index in [1.165, 1.54) is 25.0 Å². The number of hydrogen-bond donors (Lipinski definition) is 2. The van der Waals surface area contributed by atoms with Gasteiger partial charge in [-0.15, -0.1) is 0 Å². The van der Waals surface area contributed by atoms with E-state index in [9.17, 15) is 9.18 Å². The molecular formula is C15H22FN3O. The van der Waals surface area contributed by atoms with Gasteiger partial charge in [0.2, 0.25) is 0 Å². The third-order valence-electron chi connectivity index (χ3n) is 3.48. The number of carbonyl (C=O) groups excluding carboxylic acids is 1. The van der Waals surface area contributed by atoms with Crippen molar-refractivity contribution in [2.24, 2.45) is 11.8 Å². The van der Waals surface area contributed by atoms with Gasteiger partial charge < -0.3 is 0 Å². The van der Waals surface area contributed by atoms with Crippen molar-refractivity contribution in [3.8, 4) is 0 Å². The lowest BCUT2D eigenvalue weighted by molar-refractivity contribution is 0.0953. The standard InChI is InChI=1S/C15H22FN3O/c1-10(2)8-19(13-4-5-13)9-12-7-11(15(20)18-17)3-6-14(12)16/h3,6-7,10,13H,4-5,8-9,17H2,1-2H3,(H,18,20). The van der Waals surface area contributed by atoms with Gasteiger partial charge in [0.1, 0.15) is 5.82 Å². The average Bonchev–Trinajstić information content (AvgIpc) is 3.23. The normalized spacial score (nSPS) is 14.9. The fourth-order valence-corrected chi connectivity index (χ4v) is 2.39. The molecule has 1 aliphatic carbocycles.